The molecule has 3 aromatic rings. The zero-order chi connectivity index (χ0) is 21.9. The number of halogens is 3. The van der Waals surface area contributed by atoms with E-state index in [1.54, 1.807) is 29.8 Å². The van der Waals surface area contributed by atoms with Gasteiger partial charge in [0, 0.05) is 11.6 Å². The lowest BCUT2D eigenvalue weighted by atomic mass is 10.1. The van der Waals surface area contributed by atoms with E-state index >= 15 is 0 Å². The first-order valence-electron chi connectivity index (χ1n) is 8.97. The monoisotopic (exact) mass is 436 g/mol. The van der Waals surface area contributed by atoms with Crippen molar-refractivity contribution in [2.24, 2.45) is 11.7 Å². The molecule has 0 fully saturated rings. The van der Waals surface area contributed by atoms with Gasteiger partial charge in [-0.3, -0.25) is 4.98 Å². The third kappa shape index (κ3) is 4.88. The Morgan fingerprint density at radius 1 is 1.23 bits per heavy atom. The van der Waals surface area contributed by atoms with Crippen molar-refractivity contribution in [3.63, 3.8) is 0 Å². The highest BCUT2D eigenvalue weighted by atomic mass is 32.1. The SMILES string of the molecule is CC(C)COc1ccc(N(C(N)=O)c2nc(-c3ccccn3)cs2)cc1C(F)(F)F. The third-order valence-corrected chi connectivity index (χ3v) is 4.76. The van der Waals surface area contributed by atoms with Gasteiger partial charge in [0.25, 0.3) is 0 Å². The summed E-state index contributed by atoms with van der Waals surface area (Å²) in [5.41, 5.74) is 5.46. The number of primary amides is 1. The zero-order valence-electron chi connectivity index (χ0n) is 16.2. The van der Waals surface area contributed by atoms with Crippen molar-refractivity contribution in [3.05, 3.63) is 53.5 Å². The van der Waals surface area contributed by atoms with Gasteiger partial charge >= 0.3 is 12.2 Å². The quantitative estimate of drug-likeness (QED) is 0.555. The molecule has 0 aliphatic heterocycles. The minimum absolute atomic E-state index is 0.0493. The van der Waals surface area contributed by atoms with Gasteiger partial charge in [-0.25, -0.2) is 14.7 Å². The van der Waals surface area contributed by atoms with Crippen LogP contribution in [0.25, 0.3) is 11.4 Å². The van der Waals surface area contributed by atoms with Crippen molar-refractivity contribution in [1.82, 2.24) is 9.97 Å². The maximum Gasteiger partial charge on any atom is 0.420 e. The lowest BCUT2D eigenvalue weighted by molar-refractivity contribution is -0.139. The lowest BCUT2D eigenvalue weighted by Gasteiger charge is -2.21. The van der Waals surface area contributed by atoms with E-state index in [0.29, 0.717) is 11.4 Å². The zero-order valence-corrected chi connectivity index (χ0v) is 17.0. The number of alkyl halides is 3. The Balaban J connectivity index is 2.00. The van der Waals surface area contributed by atoms with Crippen molar-refractivity contribution in [3.8, 4) is 17.1 Å². The van der Waals surface area contributed by atoms with Gasteiger partial charge in [0.2, 0.25) is 0 Å². The van der Waals surface area contributed by atoms with Crippen LogP contribution in [0.2, 0.25) is 0 Å². The predicted molar refractivity (Wildman–Crippen MR) is 109 cm³/mol. The molecule has 3 rings (SSSR count). The maximum absolute atomic E-state index is 13.6. The summed E-state index contributed by atoms with van der Waals surface area (Å²) in [5.74, 6) is -0.258. The summed E-state index contributed by atoms with van der Waals surface area (Å²) in [7, 11) is 0. The largest absolute Gasteiger partial charge is 0.493 e. The van der Waals surface area contributed by atoms with Crippen LogP contribution in [-0.4, -0.2) is 22.6 Å². The van der Waals surface area contributed by atoms with Crippen LogP contribution >= 0.6 is 11.3 Å². The molecule has 30 heavy (non-hydrogen) atoms. The van der Waals surface area contributed by atoms with E-state index in [-0.39, 0.29) is 29.1 Å². The standard InChI is InChI=1S/C20H19F3N4O2S/c1-12(2)10-29-17-7-6-13(9-14(17)20(21,22)23)27(18(24)28)19-26-16(11-30-19)15-5-3-4-8-25-15/h3-9,11-12H,10H2,1-2H3,(H2,24,28). The first-order chi connectivity index (χ1) is 14.2. The number of benzene rings is 1. The number of thiazole rings is 1. The Morgan fingerprint density at radius 3 is 2.60 bits per heavy atom. The third-order valence-electron chi connectivity index (χ3n) is 3.93. The van der Waals surface area contributed by atoms with Gasteiger partial charge in [0.1, 0.15) is 11.4 Å². The molecule has 158 valence electrons. The van der Waals surface area contributed by atoms with Crippen LogP contribution in [0.4, 0.5) is 28.8 Å². The molecule has 2 aromatic heterocycles. The van der Waals surface area contributed by atoms with E-state index in [0.717, 1.165) is 22.3 Å². The Morgan fingerprint density at radius 2 is 2.00 bits per heavy atom. The van der Waals surface area contributed by atoms with E-state index < -0.39 is 17.8 Å². The number of ether oxygens (including phenoxy) is 1. The van der Waals surface area contributed by atoms with Crippen molar-refractivity contribution in [1.29, 1.82) is 0 Å². The second kappa shape index (κ2) is 8.70. The Bertz CT molecular complexity index is 1020. The van der Waals surface area contributed by atoms with Crippen LogP contribution in [0.5, 0.6) is 5.75 Å². The molecule has 0 bridgehead atoms. The molecule has 0 aliphatic carbocycles. The molecule has 0 aliphatic rings. The van der Waals surface area contributed by atoms with Crippen molar-refractivity contribution >= 4 is 28.2 Å². The molecule has 0 unspecified atom stereocenters. The van der Waals surface area contributed by atoms with E-state index in [4.69, 9.17) is 10.5 Å². The number of carbonyl (C=O) groups excluding carboxylic acids is 1. The number of aromatic nitrogens is 2. The van der Waals surface area contributed by atoms with E-state index in [9.17, 15) is 18.0 Å². The fourth-order valence-corrected chi connectivity index (χ4v) is 3.43. The van der Waals surface area contributed by atoms with Gasteiger partial charge in [-0.05, 0) is 36.2 Å². The Hall–Kier alpha value is -3.14. The lowest BCUT2D eigenvalue weighted by Crippen LogP contribution is -2.31. The summed E-state index contributed by atoms with van der Waals surface area (Å²) in [6, 6.07) is 7.66. The van der Waals surface area contributed by atoms with E-state index in [1.807, 2.05) is 13.8 Å². The van der Waals surface area contributed by atoms with Gasteiger partial charge in [-0.1, -0.05) is 19.9 Å². The molecular weight excluding hydrogens is 417 g/mol. The molecule has 6 nitrogen and oxygen atoms in total. The number of anilines is 2. The maximum atomic E-state index is 13.6. The molecular formula is C20H19F3N4O2S. The molecule has 10 heteroatoms. The van der Waals surface area contributed by atoms with Crippen LogP contribution in [0, 0.1) is 5.92 Å². The molecule has 0 radical (unpaired) electrons. The summed E-state index contributed by atoms with van der Waals surface area (Å²) in [5, 5.41) is 1.78. The molecule has 0 spiro atoms. The van der Waals surface area contributed by atoms with Crippen molar-refractivity contribution in [2.45, 2.75) is 20.0 Å². The normalized spacial score (nSPS) is 11.5. The number of hydrogen-bond acceptors (Lipinski definition) is 5. The number of hydrogen-bond donors (Lipinski definition) is 1. The van der Waals surface area contributed by atoms with Crippen molar-refractivity contribution in [2.75, 3.05) is 11.5 Å². The summed E-state index contributed by atoms with van der Waals surface area (Å²) >= 11 is 1.07. The number of rotatable bonds is 6. The average molecular weight is 436 g/mol. The molecule has 2 amide bonds. The molecule has 2 heterocycles. The number of nitrogens with two attached hydrogens (primary N) is 1. The summed E-state index contributed by atoms with van der Waals surface area (Å²) < 4.78 is 46.1. The van der Waals surface area contributed by atoms with Crippen LogP contribution in [0.1, 0.15) is 19.4 Å². The fraction of sp³-hybridized carbons (Fsp3) is 0.250. The topological polar surface area (TPSA) is 81.3 Å². The first-order valence-corrected chi connectivity index (χ1v) is 9.85. The van der Waals surface area contributed by atoms with Crippen LogP contribution < -0.4 is 15.4 Å². The Kier molecular flexibility index (Phi) is 6.25. The minimum atomic E-state index is -4.67. The van der Waals surface area contributed by atoms with E-state index in [2.05, 4.69) is 9.97 Å². The highest BCUT2D eigenvalue weighted by molar-refractivity contribution is 7.14. The van der Waals surface area contributed by atoms with Gasteiger partial charge in [-0.2, -0.15) is 13.2 Å². The van der Waals surface area contributed by atoms with Gasteiger partial charge in [-0.15, -0.1) is 11.3 Å². The van der Waals surface area contributed by atoms with Crippen LogP contribution in [0.15, 0.2) is 48.0 Å². The second-order valence-electron chi connectivity index (χ2n) is 6.79. The molecule has 1 aromatic carbocycles. The first kappa shape index (κ1) is 21.6. The number of amides is 2. The highest BCUT2D eigenvalue weighted by Gasteiger charge is 2.36. The number of pyridine rings is 1. The van der Waals surface area contributed by atoms with Crippen LogP contribution in [0.3, 0.4) is 0 Å². The number of urea groups is 1. The van der Waals surface area contributed by atoms with Gasteiger partial charge in [0.15, 0.2) is 5.13 Å². The Labute approximate surface area is 175 Å². The highest BCUT2D eigenvalue weighted by Crippen LogP contribution is 2.40. The summed E-state index contributed by atoms with van der Waals surface area (Å²) in [6.45, 7) is 3.79. The van der Waals surface area contributed by atoms with Crippen molar-refractivity contribution < 1.29 is 22.7 Å². The number of carbonyl (C=O) groups is 1. The molecule has 2 N–H and O–H groups in total. The summed E-state index contributed by atoms with van der Waals surface area (Å²) in [4.78, 5) is 21.5. The average Bonchev–Trinajstić information content (AvgIpc) is 3.16. The van der Waals surface area contributed by atoms with E-state index in [1.165, 1.54) is 12.1 Å². The molecule has 0 saturated carbocycles. The molecule has 0 atom stereocenters. The minimum Gasteiger partial charge on any atom is -0.493 e. The fourth-order valence-electron chi connectivity index (χ4n) is 2.59. The van der Waals surface area contributed by atoms with Crippen LogP contribution in [-0.2, 0) is 6.18 Å². The van der Waals surface area contributed by atoms with Gasteiger partial charge in [0.05, 0.1) is 23.6 Å². The predicted octanol–water partition coefficient (Wildman–Crippen LogP) is 5.48. The summed E-state index contributed by atoms with van der Waals surface area (Å²) in [6.07, 6.45) is -3.08. The molecule has 0 saturated heterocycles. The number of nitrogens with zero attached hydrogens (tertiary/aromatic N) is 3. The van der Waals surface area contributed by atoms with Gasteiger partial charge < -0.3 is 10.5 Å². The second-order valence-corrected chi connectivity index (χ2v) is 7.62. The smallest absolute Gasteiger partial charge is 0.420 e.